The molecular weight excluding hydrogens is 296 g/mol. The van der Waals surface area contributed by atoms with Gasteiger partial charge < -0.3 is 10.1 Å². The third kappa shape index (κ3) is 3.77. The van der Waals surface area contributed by atoms with Gasteiger partial charge >= 0.3 is 6.01 Å². The number of anilines is 3. The Morgan fingerprint density at radius 2 is 1.71 bits per heavy atom. The minimum Gasteiger partial charge on any atom is -0.467 e. The first kappa shape index (κ1) is 14.9. The van der Waals surface area contributed by atoms with Crippen molar-refractivity contribution in [3.63, 3.8) is 0 Å². The van der Waals surface area contributed by atoms with Crippen LogP contribution in [0.3, 0.4) is 0 Å². The molecule has 0 saturated carbocycles. The maximum Gasteiger partial charge on any atom is 0.322 e. The van der Waals surface area contributed by atoms with E-state index in [0.717, 1.165) is 6.26 Å². The first-order valence-corrected chi connectivity index (χ1v) is 7.65. The zero-order valence-corrected chi connectivity index (χ0v) is 12.2. The number of ether oxygens (including phenoxy) is 1. The van der Waals surface area contributed by atoms with Gasteiger partial charge in [-0.1, -0.05) is 0 Å². The van der Waals surface area contributed by atoms with Crippen LogP contribution >= 0.6 is 0 Å². The van der Waals surface area contributed by atoms with E-state index in [1.807, 2.05) is 0 Å². The number of nitrogens with one attached hydrogen (secondary N) is 2. The zero-order valence-electron chi connectivity index (χ0n) is 11.4. The molecule has 1 aromatic heterocycles. The second kappa shape index (κ2) is 5.89. The van der Waals surface area contributed by atoms with E-state index in [4.69, 9.17) is 10.6 Å². The number of benzene rings is 1. The Hall–Kier alpha value is -2.46. The molecule has 2 aromatic rings. The van der Waals surface area contributed by atoms with Crippen LogP contribution in [-0.2, 0) is 9.84 Å². The molecule has 1 heterocycles. The first-order valence-electron chi connectivity index (χ1n) is 5.76. The molecule has 0 fully saturated rings. The lowest BCUT2D eigenvalue weighted by atomic mass is 10.3. The maximum absolute atomic E-state index is 11.4. The van der Waals surface area contributed by atoms with Crippen molar-refractivity contribution in [3.05, 3.63) is 24.3 Å². The van der Waals surface area contributed by atoms with Crippen LogP contribution in [0.5, 0.6) is 6.01 Å². The molecule has 21 heavy (non-hydrogen) atoms. The van der Waals surface area contributed by atoms with Crippen LogP contribution in [0.2, 0.25) is 0 Å². The van der Waals surface area contributed by atoms with Crippen molar-refractivity contribution in [2.24, 2.45) is 5.84 Å². The van der Waals surface area contributed by atoms with Crippen molar-refractivity contribution >= 4 is 27.4 Å². The molecule has 10 heteroatoms. The van der Waals surface area contributed by atoms with E-state index in [-0.39, 0.29) is 22.8 Å². The van der Waals surface area contributed by atoms with Gasteiger partial charge in [0.15, 0.2) is 9.84 Å². The number of rotatable bonds is 5. The van der Waals surface area contributed by atoms with Crippen LogP contribution < -0.4 is 21.3 Å². The van der Waals surface area contributed by atoms with Crippen molar-refractivity contribution in [2.45, 2.75) is 4.90 Å². The lowest BCUT2D eigenvalue weighted by molar-refractivity contribution is 0.379. The molecule has 1 aromatic carbocycles. The molecule has 0 amide bonds. The highest BCUT2D eigenvalue weighted by atomic mass is 32.2. The Morgan fingerprint density at radius 3 is 2.24 bits per heavy atom. The average molecular weight is 310 g/mol. The summed E-state index contributed by atoms with van der Waals surface area (Å²) in [6.07, 6.45) is 1.14. The number of methoxy groups -OCH3 is 1. The fourth-order valence-corrected chi connectivity index (χ4v) is 2.11. The molecule has 0 aliphatic carbocycles. The molecule has 0 bridgehead atoms. The van der Waals surface area contributed by atoms with E-state index in [9.17, 15) is 8.42 Å². The van der Waals surface area contributed by atoms with Gasteiger partial charge in [-0.25, -0.2) is 14.3 Å². The molecule has 0 atom stereocenters. The Kier molecular flexibility index (Phi) is 4.19. The van der Waals surface area contributed by atoms with Crippen LogP contribution in [0.4, 0.5) is 17.6 Å². The summed E-state index contributed by atoms with van der Waals surface area (Å²) < 4.78 is 27.7. The van der Waals surface area contributed by atoms with Gasteiger partial charge in [-0.05, 0) is 24.3 Å². The van der Waals surface area contributed by atoms with Crippen molar-refractivity contribution in [1.82, 2.24) is 15.0 Å². The summed E-state index contributed by atoms with van der Waals surface area (Å²) in [5.74, 6) is 5.60. The highest BCUT2D eigenvalue weighted by molar-refractivity contribution is 7.90. The molecule has 4 N–H and O–H groups in total. The Morgan fingerprint density at radius 1 is 1.10 bits per heavy atom. The summed E-state index contributed by atoms with van der Waals surface area (Å²) in [4.78, 5) is 12.1. The van der Waals surface area contributed by atoms with Crippen LogP contribution in [0.25, 0.3) is 0 Å². The fraction of sp³-hybridized carbons (Fsp3) is 0.182. The number of nitrogen functional groups attached to an aromatic ring is 1. The van der Waals surface area contributed by atoms with E-state index in [1.54, 1.807) is 12.1 Å². The number of hydrogen-bond donors (Lipinski definition) is 3. The summed E-state index contributed by atoms with van der Waals surface area (Å²) >= 11 is 0. The Labute approximate surface area is 121 Å². The molecule has 0 radical (unpaired) electrons. The summed E-state index contributed by atoms with van der Waals surface area (Å²) in [6, 6.07) is 6.26. The molecular formula is C11H14N6O3S. The molecule has 0 unspecified atom stereocenters. The SMILES string of the molecule is COc1nc(NN)nc(Nc2ccc(S(C)(=O)=O)cc2)n1. The minimum absolute atomic E-state index is 0.0909. The summed E-state index contributed by atoms with van der Waals surface area (Å²) in [7, 11) is -1.81. The molecule has 0 aliphatic rings. The average Bonchev–Trinajstić information content (AvgIpc) is 2.46. The first-order chi connectivity index (χ1) is 9.92. The molecule has 0 saturated heterocycles. The third-order valence-corrected chi connectivity index (χ3v) is 3.59. The predicted octanol–water partition coefficient (Wildman–Crippen LogP) is 0.313. The summed E-state index contributed by atoms with van der Waals surface area (Å²) in [5, 5.41) is 2.90. The normalized spacial score (nSPS) is 11.0. The predicted molar refractivity (Wildman–Crippen MR) is 77.0 cm³/mol. The van der Waals surface area contributed by atoms with Crippen molar-refractivity contribution in [2.75, 3.05) is 24.1 Å². The molecule has 9 nitrogen and oxygen atoms in total. The van der Waals surface area contributed by atoms with E-state index >= 15 is 0 Å². The van der Waals surface area contributed by atoms with E-state index in [0.29, 0.717) is 5.69 Å². The third-order valence-electron chi connectivity index (χ3n) is 2.47. The van der Waals surface area contributed by atoms with Crippen molar-refractivity contribution in [3.8, 4) is 6.01 Å². The second-order valence-corrected chi connectivity index (χ2v) is 6.05. The molecule has 0 spiro atoms. The lowest BCUT2D eigenvalue weighted by Gasteiger charge is -2.08. The number of hydrazine groups is 1. The van der Waals surface area contributed by atoms with Gasteiger partial charge in [-0.3, -0.25) is 5.43 Å². The molecule has 112 valence electrons. The minimum atomic E-state index is -3.23. The number of nitrogens with zero attached hydrogens (tertiary/aromatic N) is 3. The highest BCUT2D eigenvalue weighted by Gasteiger charge is 2.08. The Balaban J connectivity index is 2.25. The largest absolute Gasteiger partial charge is 0.467 e. The topological polar surface area (TPSA) is 132 Å². The maximum atomic E-state index is 11.4. The van der Waals surface area contributed by atoms with Gasteiger partial charge in [0.25, 0.3) is 0 Å². The number of hydrogen-bond acceptors (Lipinski definition) is 9. The highest BCUT2D eigenvalue weighted by Crippen LogP contribution is 2.18. The van der Waals surface area contributed by atoms with Crippen LogP contribution in [0.1, 0.15) is 0 Å². The summed E-state index contributed by atoms with van der Waals surface area (Å²) in [6.45, 7) is 0. The summed E-state index contributed by atoms with van der Waals surface area (Å²) in [5.41, 5.74) is 2.91. The monoisotopic (exact) mass is 310 g/mol. The second-order valence-electron chi connectivity index (χ2n) is 4.04. The van der Waals surface area contributed by atoms with Gasteiger partial charge in [0.2, 0.25) is 11.9 Å². The quantitative estimate of drug-likeness (QED) is 0.527. The standard InChI is InChI=1S/C11H14N6O3S/c1-20-11-15-9(14-10(16-11)17-12)13-7-3-5-8(6-4-7)21(2,18)19/h3-6H,12H2,1-2H3,(H2,13,14,15,16,17). The van der Waals surface area contributed by atoms with Crippen molar-refractivity contribution in [1.29, 1.82) is 0 Å². The van der Waals surface area contributed by atoms with Crippen LogP contribution in [0, 0.1) is 0 Å². The van der Waals surface area contributed by atoms with Gasteiger partial charge in [0, 0.05) is 11.9 Å². The van der Waals surface area contributed by atoms with Crippen LogP contribution in [0.15, 0.2) is 29.2 Å². The number of sulfone groups is 1. The zero-order chi connectivity index (χ0) is 15.5. The molecule has 0 aliphatic heterocycles. The van der Waals surface area contributed by atoms with E-state index in [2.05, 4.69) is 25.7 Å². The fourth-order valence-electron chi connectivity index (χ4n) is 1.48. The lowest BCUT2D eigenvalue weighted by Crippen LogP contribution is -2.13. The Bertz CT molecular complexity index is 710. The van der Waals surface area contributed by atoms with Gasteiger partial charge in [-0.15, -0.1) is 0 Å². The number of aromatic nitrogens is 3. The van der Waals surface area contributed by atoms with Gasteiger partial charge in [0.05, 0.1) is 12.0 Å². The smallest absolute Gasteiger partial charge is 0.322 e. The molecule has 2 rings (SSSR count). The van der Waals surface area contributed by atoms with Crippen molar-refractivity contribution < 1.29 is 13.2 Å². The van der Waals surface area contributed by atoms with Crippen LogP contribution in [-0.4, -0.2) is 36.7 Å². The van der Waals surface area contributed by atoms with Gasteiger partial charge in [0.1, 0.15) is 0 Å². The van der Waals surface area contributed by atoms with E-state index < -0.39 is 9.84 Å². The number of nitrogens with two attached hydrogens (primary N) is 1. The van der Waals surface area contributed by atoms with Gasteiger partial charge in [-0.2, -0.15) is 15.0 Å². The van der Waals surface area contributed by atoms with E-state index in [1.165, 1.54) is 19.2 Å².